The summed E-state index contributed by atoms with van der Waals surface area (Å²) in [6.45, 7) is 5.27. The van der Waals surface area contributed by atoms with Crippen molar-refractivity contribution in [2.24, 2.45) is 0 Å². The van der Waals surface area contributed by atoms with E-state index in [0.717, 1.165) is 6.20 Å². The molecule has 2 aromatic rings. The summed E-state index contributed by atoms with van der Waals surface area (Å²) in [6, 6.07) is 7.78. The van der Waals surface area contributed by atoms with Crippen molar-refractivity contribution >= 4 is 27.7 Å². The minimum Gasteiger partial charge on any atom is -0.380 e. The molecule has 0 aliphatic heterocycles. The van der Waals surface area contributed by atoms with Crippen molar-refractivity contribution < 1.29 is 27.5 Å². The second-order valence-corrected chi connectivity index (χ2v) is 7.89. The largest absolute Gasteiger partial charge is 0.380 e. The molecular formula is C20H24N4O6S. The fourth-order valence-corrected chi connectivity index (χ4v) is 3.40. The second-order valence-electron chi connectivity index (χ2n) is 6.20. The highest BCUT2D eigenvalue weighted by molar-refractivity contribution is 7.90. The highest BCUT2D eigenvalue weighted by Crippen LogP contribution is 2.12. The third-order valence-electron chi connectivity index (χ3n) is 3.99. The monoisotopic (exact) mass is 448 g/mol. The number of sulfonamides is 1. The third-order valence-corrected chi connectivity index (χ3v) is 5.33. The molecule has 1 aromatic heterocycles. The number of nitrogens with zero attached hydrogens (tertiary/aromatic N) is 1. The van der Waals surface area contributed by atoms with Crippen LogP contribution in [0.2, 0.25) is 0 Å². The van der Waals surface area contributed by atoms with Gasteiger partial charge in [-0.15, -0.1) is 0 Å². The van der Waals surface area contributed by atoms with Crippen molar-refractivity contribution in [3.63, 3.8) is 0 Å². The van der Waals surface area contributed by atoms with Gasteiger partial charge in [0.1, 0.15) is 5.69 Å². The molecule has 11 heteroatoms. The van der Waals surface area contributed by atoms with Crippen LogP contribution in [0.5, 0.6) is 0 Å². The zero-order valence-electron chi connectivity index (χ0n) is 17.2. The van der Waals surface area contributed by atoms with Crippen LogP contribution >= 0.6 is 0 Å². The van der Waals surface area contributed by atoms with Crippen LogP contribution in [0.3, 0.4) is 0 Å². The number of carbonyl (C=O) groups excluding carboxylic acids is 3. The Morgan fingerprint density at radius 2 is 1.58 bits per heavy atom. The molecule has 3 amide bonds. The van der Waals surface area contributed by atoms with E-state index in [4.69, 9.17) is 4.74 Å². The van der Waals surface area contributed by atoms with E-state index in [9.17, 15) is 22.8 Å². The van der Waals surface area contributed by atoms with E-state index in [1.807, 2.05) is 11.6 Å². The maximum absolute atomic E-state index is 12.4. The smallest absolute Gasteiger partial charge is 0.269 e. The Kier molecular flexibility index (Phi) is 8.64. The Morgan fingerprint density at radius 1 is 0.903 bits per heavy atom. The molecule has 1 aromatic carbocycles. The maximum atomic E-state index is 12.4. The van der Waals surface area contributed by atoms with Gasteiger partial charge in [0, 0.05) is 31.5 Å². The van der Waals surface area contributed by atoms with Crippen molar-refractivity contribution in [1.29, 1.82) is 0 Å². The lowest BCUT2D eigenvalue weighted by Crippen LogP contribution is -2.31. The fourth-order valence-electron chi connectivity index (χ4n) is 2.42. The van der Waals surface area contributed by atoms with Gasteiger partial charge >= 0.3 is 0 Å². The molecular weight excluding hydrogens is 424 g/mol. The lowest BCUT2D eigenvalue weighted by atomic mass is 10.2. The molecule has 0 aliphatic carbocycles. The first-order chi connectivity index (χ1) is 14.8. The molecule has 10 nitrogen and oxygen atoms in total. The first kappa shape index (κ1) is 24.0. The number of benzene rings is 1. The summed E-state index contributed by atoms with van der Waals surface area (Å²) in [5.74, 6) is -1.67. The molecule has 0 bridgehead atoms. The summed E-state index contributed by atoms with van der Waals surface area (Å²) in [4.78, 5) is 39.8. The van der Waals surface area contributed by atoms with Crippen LogP contribution in [-0.4, -0.2) is 57.4 Å². The molecule has 2 rings (SSSR count). The zero-order chi connectivity index (χ0) is 22.9. The number of hydrogen-bond acceptors (Lipinski definition) is 7. The summed E-state index contributed by atoms with van der Waals surface area (Å²) in [6.07, 6.45) is 1.11. The standard InChI is InChI=1S/C20H24N4O6S/c1-3-21-18(25)14-5-8-16(9-6-14)31(28,29)24-19(26)15-7-10-17(23-13-15)20(27)22-11-12-30-4-2/h5-10,13H,3-4,11-12H2,1-2H3,(H,21,25)(H,22,27)(H,24,26). The molecule has 31 heavy (non-hydrogen) atoms. The predicted octanol–water partition coefficient (Wildman–Crippen LogP) is 0.716. The molecule has 0 fully saturated rings. The van der Waals surface area contributed by atoms with Crippen LogP contribution < -0.4 is 15.4 Å². The molecule has 0 saturated carbocycles. The van der Waals surface area contributed by atoms with Crippen LogP contribution in [0.1, 0.15) is 45.1 Å². The third kappa shape index (κ3) is 6.86. The number of aromatic nitrogens is 1. The minimum absolute atomic E-state index is 0.0339. The summed E-state index contributed by atoms with van der Waals surface area (Å²) in [5, 5.41) is 5.21. The molecule has 3 N–H and O–H groups in total. The molecule has 0 atom stereocenters. The van der Waals surface area contributed by atoms with Crippen molar-refractivity contribution in [2.45, 2.75) is 18.7 Å². The van der Waals surface area contributed by atoms with Gasteiger partial charge < -0.3 is 15.4 Å². The van der Waals surface area contributed by atoms with E-state index in [1.54, 1.807) is 6.92 Å². The number of carbonyl (C=O) groups is 3. The van der Waals surface area contributed by atoms with E-state index in [2.05, 4.69) is 15.6 Å². The molecule has 0 unspecified atom stereocenters. The first-order valence-electron chi connectivity index (χ1n) is 9.56. The Morgan fingerprint density at radius 3 is 2.16 bits per heavy atom. The quantitative estimate of drug-likeness (QED) is 0.454. The predicted molar refractivity (Wildman–Crippen MR) is 112 cm³/mol. The Balaban J connectivity index is 2.01. The number of hydrogen-bond donors (Lipinski definition) is 3. The highest BCUT2D eigenvalue weighted by Gasteiger charge is 2.20. The van der Waals surface area contributed by atoms with Gasteiger partial charge in [-0.25, -0.2) is 13.1 Å². The van der Waals surface area contributed by atoms with E-state index in [-0.39, 0.29) is 22.1 Å². The van der Waals surface area contributed by atoms with E-state index in [1.165, 1.54) is 36.4 Å². The summed E-state index contributed by atoms with van der Waals surface area (Å²) < 4.78 is 31.9. The van der Waals surface area contributed by atoms with E-state index >= 15 is 0 Å². The topological polar surface area (TPSA) is 144 Å². The Labute approximate surface area is 180 Å². The fraction of sp³-hybridized carbons (Fsp3) is 0.300. The summed E-state index contributed by atoms with van der Waals surface area (Å²) in [5.41, 5.74) is 0.344. The van der Waals surface area contributed by atoms with Gasteiger partial charge in [-0.2, -0.15) is 0 Å². The minimum atomic E-state index is -4.16. The van der Waals surface area contributed by atoms with Crippen LogP contribution in [0.4, 0.5) is 0 Å². The summed E-state index contributed by atoms with van der Waals surface area (Å²) in [7, 11) is -4.16. The van der Waals surface area contributed by atoms with Gasteiger partial charge in [0.15, 0.2) is 0 Å². The Hall–Kier alpha value is -3.31. The normalized spacial score (nSPS) is 10.9. The van der Waals surface area contributed by atoms with Gasteiger partial charge in [0.25, 0.3) is 27.7 Å². The zero-order valence-corrected chi connectivity index (χ0v) is 18.0. The maximum Gasteiger partial charge on any atom is 0.269 e. The number of amides is 3. The highest BCUT2D eigenvalue weighted by atomic mass is 32.2. The average Bonchev–Trinajstić information content (AvgIpc) is 2.76. The number of ether oxygens (including phenoxy) is 1. The average molecular weight is 449 g/mol. The van der Waals surface area contributed by atoms with Crippen LogP contribution in [0, 0.1) is 0 Å². The van der Waals surface area contributed by atoms with Crippen LogP contribution in [0.25, 0.3) is 0 Å². The number of rotatable bonds is 10. The van der Waals surface area contributed by atoms with Gasteiger partial charge in [0.2, 0.25) is 0 Å². The first-order valence-corrected chi connectivity index (χ1v) is 11.0. The van der Waals surface area contributed by atoms with Crippen molar-refractivity contribution in [3.8, 4) is 0 Å². The molecule has 1 heterocycles. The van der Waals surface area contributed by atoms with Gasteiger partial charge in [0.05, 0.1) is 17.1 Å². The molecule has 0 saturated heterocycles. The van der Waals surface area contributed by atoms with Crippen LogP contribution in [-0.2, 0) is 14.8 Å². The number of nitrogens with one attached hydrogen (secondary N) is 3. The van der Waals surface area contributed by atoms with E-state index < -0.39 is 21.8 Å². The van der Waals surface area contributed by atoms with Crippen molar-refractivity contribution in [1.82, 2.24) is 20.3 Å². The van der Waals surface area contributed by atoms with Crippen molar-refractivity contribution in [2.75, 3.05) is 26.3 Å². The van der Waals surface area contributed by atoms with Crippen LogP contribution in [0.15, 0.2) is 47.5 Å². The van der Waals surface area contributed by atoms with Crippen molar-refractivity contribution in [3.05, 3.63) is 59.4 Å². The SMILES string of the molecule is CCNC(=O)c1ccc(S(=O)(=O)NC(=O)c2ccc(C(=O)NCCOCC)nc2)cc1. The summed E-state index contributed by atoms with van der Waals surface area (Å²) >= 11 is 0. The van der Waals surface area contributed by atoms with E-state index in [0.29, 0.717) is 31.9 Å². The van der Waals surface area contributed by atoms with Gasteiger partial charge in [-0.3, -0.25) is 19.4 Å². The van der Waals surface area contributed by atoms with Gasteiger partial charge in [-0.1, -0.05) is 0 Å². The molecule has 166 valence electrons. The molecule has 0 radical (unpaired) electrons. The lowest BCUT2D eigenvalue weighted by Gasteiger charge is -2.09. The Bertz CT molecular complexity index is 1020. The van der Waals surface area contributed by atoms with Gasteiger partial charge in [-0.05, 0) is 50.2 Å². The molecule has 0 spiro atoms. The molecule has 0 aliphatic rings. The lowest BCUT2D eigenvalue weighted by molar-refractivity contribution is 0.0914. The second kappa shape index (κ2) is 11.2. The number of pyridine rings is 1.